The first kappa shape index (κ1) is 24.6. The van der Waals surface area contributed by atoms with Crippen molar-refractivity contribution in [2.45, 2.75) is 50.2 Å². The van der Waals surface area contributed by atoms with Crippen LogP contribution in [-0.2, 0) is 9.48 Å². The lowest BCUT2D eigenvalue weighted by atomic mass is 10.00. The zero-order valence-electron chi connectivity index (χ0n) is 20.1. The van der Waals surface area contributed by atoms with Crippen LogP contribution in [0.3, 0.4) is 0 Å². The van der Waals surface area contributed by atoms with Crippen LogP contribution in [0.15, 0.2) is 18.2 Å². The second-order valence-electron chi connectivity index (χ2n) is 9.11. The monoisotopic (exact) mass is 493 g/mol. The van der Waals surface area contributed by atoms with E-state index in [4.69, 9.17) is 9.72 Å². The lowest BCUT2D eigenvalue weighted by Crippen LogP contribution is -2.46. The first-order valence-corrected chi connectivity index (χ1v) is 13.0. The van der Waals surface area contributed by atoms with Crippen LogP contribution in [0.4, 0.5) is 20.7 Å². The number of anilines is 2. The van der Waals surface area contributed by atoms with Gasteiger partial charge in [0, 0.05) is 24.8 Å². The summed E-state index contributed by atoms with van der Waals surface area (Å²) >= 11 is 0. The molecule has 9 nitrogen and oxygen atoms in total. The van der Waals surface area contributed by atoms with Crippen LogP contribution in [-0.4, -0.2) is 58.0 Å². The Hall–Kier alpha value is -2.47. The number of aromatic nitrogens is 2. The maximum atomic E-state index is 15.2. The van der Waals surface area contributed by atoms with Crippen LogP contribution >= 0.6 is 10.6 Å². The standard InChI is InChI=1S/C23H32FN5O4S/c1-6-15-12-33-10-9-29(15)21-18-13(2)34(31,32)23(3,4)19(18)27-20(28-21)16-8-7-14(11-17(16)24)26-22(30)25-5/h7-8,11,13,15,31-32H,6,9-10,12H2,1-5H3,(H2,25,26,30)/t13?,15-/m0/s1. The fourth-order valence-electron chi connectivity index (χ4n) is 4.62. The molecule has 1 aromatic carbocycles. The van der Waals surface area contributed by atoms with E-state index >= 15 is 4.39 Å². The maximum absolute atomic E-state index is 15.2. The third-order valence-electron chi connectivity index (χ3n) is 6.81. The molecule has 4 rings (SSSR count). The van der Waals surface area contributed by atoms with Gasteiger partial charge < -0.3 is 20.3 Å². The normalized spacial score (nSPS) is 23.8. The van der Waals surface area contributed by atoms with Crippen LogP contribution in [0.1, 0.15) is 50.6 Å². The molecule has 2 amide bonds. The molecule has 0 radical (unpaired) electrons. The van der Waals surface area contributed by atoms with E-state index in [-0.39, 0.29) is 17.4 Å². The third kappa shape index (κ3) is 3.90. The molecule has 2 aromatic rings. The van der Waals surface area contributed by atoms with Gasteiger partial charge >= 0.3 is 6.03 Å². The van der Waals surface area contributed by atoms with Gasteiger partial charge in [0.1, 0.15) is 11.6 Å². The first-order chi connectivity index (χ1) is 16.0. The molecular formula is C23H32FN5O4S. The number of amides is 2. The molecule has 1 aromatic heterocycles. The Morgan fingerprint density at radius 3 is 2.74 bits per heavy atom. The maximum Gasteiger partial charge on any atom is 0.318 e. The molecule has 0 bridgehead atoms. The molecule has 0 aliphatic carbocycles. The van der Waals surface area contributed by atoms with Crippen molar-refractivity contribution in [1.29, 1.82) is 0 Å². The van der Waals surface area contributed by atoms with E-state index in [0.29, 0.717) is 42.5 Å². The molecule has 2 aliphatic rings. The molecule has 1 saturated heterocycles. The van der Waals surface area contributed by atoms with Crippen molar-refractivity contribution in [2.75, 3.05) is 37.0 Å². The Morgan fingerprint density at radius 1 is 1.35 bits per heavy atom. The molecule has 0 spiro atoms. The number of rotatable bonds is 4. The molecule has 2 aliphatic heterocycles. The fraction of sp³-hybridized carbons (Fsp3) is 0.522. The summed E-state index contributed by atoms with van der Waals surface area (Å²) in [6.45, 7) is 9.01. The molecule has 0 saturated carbocycles. The average Bonchev–Trinajstić information content (AvgIpc) is 2.95. The highest BCUT2D eigenvalue weighted by atomic mass is 32.3. The van der Waals surface area contributed by atoms with Crippen molar-refractivity contribution in [3.63, 3.8) is 0 Å². The number of halogens is 1. The Morgan fingerprint density at radius 2 is 2.09 bits per heavy atom. The second-order valence-corrected chi connectivity index (χ2v) is 12.0. The Labute approximate surface area is 200 Å². The number of benzene rings is 1. The second kappa shape index (κ2) is 8.95. The van der Waals surface area contributed by atoms with Crippen molar-refractivity contribution in [3.05, 3.63) is 35.3 Å². The van der Waals surface area contributed by atoms with Crippen LogP contribution in [0, 0.1) is 5.82 Å². The van der Waals surface area contributed by atoms with Crippen molar-refractivity contribution >= 4 is 28.1 Å². The topological polar surface area (TPSA) is 120 Å². The number of carbonyl (C=O) groups is 1. The fourth-order valence-corrected chi connectivity index (χ4v) is 6.49. The highest BCUT2D eigenvalue weighted by Crippen LogP contribution is 2.73. The average molecular weight is 494 g/mol. The van der Waals surface area contributed by atoms with E-state index in [1.165, 1.54) is 19.2 Å². The van der Waals surface area contributed by atoms with Gasteiger partial charge in [-0.3, -0.25) is 9.11 Å². The summed E-state index contributed by atoms with van der Waals surface area (Å²) in [5.41, 5.74) is 1.68. The van der Waals surface area contributed by atoms with Crippen molar-refractivity contribution < 1.29 is 23.0 Å². The van der Waals surface area contributed by atoms with Gasteiger partial charge in [-0.15, -0.1) is 0 Å². The summed E-state index contributed by atoms with van der Waals surface area (Å²) in [7, 11) is -1.61. The van der Waals surface area contributed by atoms with Gasteiger partial charge in [0.05, 0.1) is 40.5 Å². The predicted molar refractivity (Wildman–Crippen MR) is 132 cm³/mol. The highest BCUT2D eigenvalue weighted by Gasteiger charge is 2.53. The summed E-state index contributed by atoms with van der Waals surface area (Å²) < 4.78 is 42.1. The van der Waals surface area contributed by atoms with Crippen LogP contribution in [0.25, 0.3) is 11.4 Å². The minimum atomic E-state index is -3.09. The predicted octanol–water partition coefficient (Wildman–Crippen LogP) is 4.71. The minimum Gasteiger partial charge on any atom is -0.377 e. The number of carbonyl (C=O) groups excluding carboxylic acids is 1. The van der Waals surface area contributed by atoms with E-state index in [1.807, 2.05) is 0 Å². The Balaban J connectivity index is 1.89. The van der Waals surface area contributed by atoms with Gasteiger partial charge in [0.25, 0.3) is 0 Å². The zero-order chi connectivity index (χ0) is 24.8. The summed E-state index contributed by atoms with van der Waals surface area (Å²) in [5, 5.41) is 4.40. The molecule has 1 unspecified atom stereocenters. The van der Waals surface area contributed by atoms with Crippen LogP contribution in [0.2, 0.25) is 0 Å². The number of morpholine rings is 1. The molecule has 4 N–H and O–H groups in total. The summed E-state index contributed by atoms with van der Waals surface area (Å²) in [5.74, 6) is 0.168. The minimum absolute atomic E-state index is 0.0577. The number of fused-ring (bicyclic) bond motifs is 1. The number of nitrogens with one attached hydrogen (secondary N) is 2. The van der Waals surface area contributed by atoms with Gasteiger partial charge in [0.2, 0.25) is 0 Å². The van der Waals surface area contributed by atoms with Crippen LogP contribution < -0.4 is 15.5 Å². The molecule has 11 heteroatoms. The first-order valence-electron chi connectivity index (χ1n) is 11.3. The van der Waals surface area contributed by atoms with Gasteiger partial charge in [-0.2, -0.15) is 10.6 Å². The van der Waals surface area contributed by atoms with Gasteiger partial charge in [-0.05, 0) is 45.4 Å². The van der Waals surface area contributed by atoms with Crippen molar-refractivity contribution in [3.8, 4) is 11.4 Å². The van der Waals surface area contributed by atoms with E-state index in [0.717, 1.165) is 6.42 Å². The number of urea groups is 1. The van der Waals surface area contributed by atoms with Crippen molar-refractivity contribution in [1.82, 2.24) is 15.3 Å². The molecule has 1 fully saturated rings. The van der Waals surface area contributed by atoms with Gasteiger partial charge in [-0.25, -0.2) is 19.2 Å². The summed E-state index contributed by atoms with van der Waals surface area (Å²) in [6.07, 6.45) is 0.816. The molecule has 186 valence electrons. The van der Waals surface area contributed by atoms with Gasteiger partial charge in [0.15, 0.2) is 5.82 Å². The molecule has 3 heterocycles. The number of hydrogen-bond acceptors (Lipinski definition) is 7. The quantitative estimate of drug-likeness (QED) is 0.487. The Bertz CT molecular complexity index is 1110. The zero-order valence-corrected chi connectivity index (χ0v) is 20.9. The molecular weight excluding hydrogens is 461 g/mol. The van der Waals surface area contributed by atoms with E-state index < -0.39 is 32.4 Å². The van der Waals surface area contributed by atoms with Crippen LogP contribution in [0.5, 0.6) is 0 Å². The Kier molecular flexibility index (Phi) is 6.49. The van der Waals surface area contributed by atoms with Crippen molar-refractivity contribution in [2.24, 2.45) is 0 Å². The number of nitrogens with zero attached hydrogens (tertiary/aromatic N) is 3. The van der Waals surface area contributed by atoms with Gasteiger partial charge in [-0.1, -0.05) is 6.92 Å². The third-order valence-corrected chi connectivity index (χ3v) is 9.73. The lowest BCUT2D eigenvalue weighted by molar-refractivity contribution is 0.0924. The number of ether oxygens (including phenoxy) is 1. The number of hydrogen-bond donors (Lipinski definition) is 4. The lowest BCUT2D eigenvalue weighted by Gasteiger charge is -2.43. The molecule has 34 heavy (non-hydrogen) atoms. The molecule has 2 atom stereocenters. The largest absolute Gasteiger partial charge is 0.377 e. The van der Waals surface area contributed by atoms with E-state index in [1.54, 1.807) is 26.8 Å². The summed E-state index contributed by atoms with van der Waals surface area (Å²) in [4.78, 5) is 23.2. The highest BCUT2D eigenvalue weighted by molar-refractivity contribution is 8.25. The smallest absolute Gasteiger partial charge is 0.318 e. The summed E-state index contributed by atoms with van der Waals surface area (Å²) in [6, 6.07) is 3.91. The van der Waals surface area contributed by atoms with E-state index in [2.05, 4.69) is 27.4 Å². The van der Waals surface area contributed by atoms with E-state index in [9.17, 15) is 13.9 Å². The SMILES string of the molecule is CC[C@H]1COCCN1c1nc(-c2ccc(NC(=O)NC)cc2F)nc2c1C(C)S(O)(O)C2(C)C.